The fourth-order valence-corrected chi connectivity index (χ4v) is 3.45. The van der Waals surface area contributed by atoms with E-state index < -0.39 is 0 Å². The molecule has 0 aliphatic carbocycles. The van der Waals surface area contributed by atoms with Crippen molar-refractivity contribution in [1.29, 1.82) is 0 Å². The summed E-state index contributed by atoms with van der Waals surface area (Å²) in [4.78, 5) is 18.4. The molecule has 0 unspecified atom stereocenters. The lowest BCUT2D eigenvalue weighted by Crippen LogP contribution is -2.25. The molecule has 0 bridgehead atoms. The van der Waals surface area contributed by atoms with Crippen molar-refractivity contribution in [3.05, 3.63) is 60.3 Å². The van der Waals surface area contributed by atoms with E-state index in [-0.39, 0.29) is 5.91 Å². The molecule has 148 valence electrons. The zero-order valence-electron chi connectivity index (χ0n) is 16.9. The fraction of sp³-hybridized carbons (Fsp3) is 0.364. The fourth-order valence-electron chi connectivity index (χ4n) is 3.45. The van der Waals surface area contributed by atoms with Gasteiger partial charge in [-0.1, -0.05) is 18.2 Å². The van der Waals surface area contributed by atoms with Crippen molar-refractivity contribution in [2.75, 3.05) is 27.2 Å². The van der Waals surface area contributed by atoms with Gasteiger partial charge in [0.05, 0.1) is 6.33 Å². The molecule has 0 fully saturated rings. The number of imidazole rings is 1. The number of rotatable bonds is 9. The van der Waals surface area contributed by atoms with Gasteiger partial charge in [-0.3, -0.25) is 4.79 Å². The second-order valence-corrected chi connectivity index (χ2v) is 7.25. The number of aryl methyl sites for hydroxylation is 1. The van der Waals surface area contributed by atoms with Crippen molar-refractivity contribution in [1.82, 2.24) is 24.3 Å². The van der Waals surface area contributed by atoms with Crippen molar-refractivity contribution in [2.24, 2.45) is 0 Å². The summed E-state index contributed by atoms with van der Waals surface area (Å²) in [5, 5.41) is 4.11. The molecule has 1 amide bonds. The van der Waals surface area contributed by atoms with E-state index in [2.05, 4.69) is 65.1 Å². The number of hydrogen-bond donors (Lipinski definition) is 1. The first-order chi connectivity index (χ1) is 13.6. The molecule has 0 radical (unpaired) electrons. The number of benzene rings is 1. The van der Waals surface area contributed by atoms with E-state index in [1.165, 1.54) is 16.6 Å². The lowest BCUT2D eigenvalue weighted by atomic mass is 10.1. The quantitative estimate of drug-likeness (QED) is 0.582. The summed E-state index contributed by atoms with van der Waals surface area (Å²) < 4.78 is 4.30. The molecule has 3 rings (SSSR count). The number of carbonyl (C=O) groups is 1. The first kappa shape index (κ1) is 19.9. The molecule has 0 aliphatic heterocycles. The highest BCUT2D eigenvalue weighted by molar-refractivity contribution is 5.97. The number of nitrogens with zero attached hydrogens (tertiary/aromatic N) is 4. The Morgan fingerprint density at radius 1 is 1.25 bits per heavy atom. The van der Waals surface area contributed by atoms with E-state index in [0.717, 1.165) is 25.1 Å². The van der Waals surface area contributed by atoms with Gasteiger partial charge in [0, 0.05) is 60.3 Å². The van der Waals surface area contributed by atoms with Gasteiger partial charge >= 0.3 is 0 Å². The first-order valence-corrected chi connectivity index (χ1v) is 9.70. The van der Waals surface area contributed by atoms with E-state index in [4.69, 9.17) is 0 Å². The summed E-state index contributed by atoms with van der Waals surface area (Å²) in [6.07, 6.45) is 10.0. The maximum Gasteiger partial charge on any atom is 0.244 e. The summed E-state index contributed by atoms with van der Waals surface area (Å²) in [6, 6.07) is 8.40. The monoisotopic (exact) mass is 379 g/mol. The van der Waals surface area contributed by atoms with Crippen molar-refractivity contribution >= 4 is 22.9 Å². The molecule has 0 aliphatic rings. The van der Waals surface area contributed by atoms with Crippen molar-refractivity contribution < 1.29 is 4.79 Å². The molecule has 3 aromatic rings. The normalized spacial score (nSPS) is 11.7. The van der Waals surface area contributed by atoms with E-state index in [1.807, 2.05) is 16.8 Å². The van der Waals surface area contributed by atoms with Crippen LogP contribution in [-0.4, -0.2) is 52.1 Å². The van der Waals surface area contributed by atoms with Crippen LogP contribution in [0.25, 0.3) is 17.0 Å². The van der Waals surface area contributed by atoms with Crippen LogP contribution < -0.4 is 5.32 Å². The van der Waals surface area contributed by atoms with Crippen LogP contribution in [0.4, 0.5) is 0 Å². The predicted molar refractivity (Wildman–Crippen MR) is 114 cm³/mol. The minimum Gasteiger partial charge on any atom is -0.351 e. The average Bonchev–Trinajstić information content (AvgIpc) is 3.27. The maximum atomic E-state index is 12.2. The van der Waals surface area contributed by atoms with Crippen LogP contribution in [0.5, 0.6) is 0 Å². The third-order valence-electron chi connectivity index (χ3n) is 4.90. The van der Waals surface area contributed by atoms with Gasteiger partial charge in [0.25, 0.3) is 0 Å². The highest BCUT2D eigenvalue weighted by Gasteiger charge is 2.12. The number of aromatic nitrogens is 3. The number of nitrogens with one attached hydrogen (secondary N) is 1. The summed E-state index contributed by atoms with van der Waals surface area (Å²) in [7, 11) is 4.19. The van der Waals surface area contributed by atoms with E-state index in [1.54, 1.807) is 18.6 Å². The molecule has 6 heteroatoms. The molecule has 1 aromatic carbocycles. The minimum atomic E-state index is -0.0797. The number of carbonyl (C=O) groups excluding carboxylic acids is 1. The maximum absolute atomic E-state index is 12.2. The topological polar surface area (TPSA) is 55.1 Å². The third kappa shape index (κ3) is 4.89. The van der Waals surface area contributed by atoms with Gasteiger partial charge in [0.1, 0.15) is 0 Å². The number of amides is 1. The molecule has 28 heavy (non-hydrogen) atoms. The first-order valence-electron chi connectivity index (χ1n) is 9.70. The van der Waals surface area contributed by atoms with Crippen molar-refractivity contribution in [3.8, 4) is 0 Å². The Morgan fingerprint density at radius 2 is 2.07 bits per heavy atom. The van der Waals surface area contributed by atoms with Gasteiger partial charge in [-0.25, -0.2) is 4.98 Å². The molecule has 1 N–H and O–H groups in total. The van der Waals surface area contributed by atoms with Crippen LogP contribution in [0.15, 0.2) is 49.1 Å². The van der Waals surface area contributed by atoms with Crippen LogP contribution in [0.1, 0.15) is 17.7 Å². The Morgan fingerprint density at radius 3 is 2.82 bits per heavy atom. The molecule has 2 aromatic heterocycles. The molecular weight excluding hydrogens is 350 g/mol. The third-order valence-corrected chi connectivity index (χ3v) is 4.90. The smallest absolute Gasteiger partial charge is 0.244 e. The Balaban J connectivity index is 1.70. The molecular formula is C22H29N5O. The van der Waals surface area contributed by atoms with Crippen molar-refractivity contribution in [2.45, 2.75) is 26.4 Å². The Labute approximate surface area is 166 Å². The van der Waals surface area contributed by atoms with Crippen LogP contribution in [0.3, 0.4) is 0 Å². The number of hydrogen-bond acceptors (Lipinski definition) is 3. The van der Waals surface area contributed by atoms with E-state index >= 15 is 0 Å². The van der Waals surface area contributed by atoms with E-state index in [9.17, 15) is 4.79 Å². The highest BCUT2D eigenvalue weighted by Crippen LogP contribution is 2.27. The van der Waals surface area contributed by atoms with Gasteiger partial charge < -0.3 is 19.4 Å². The summed E-state index contributed by atoms with van der Waals surface area (Å²) in [6.45, 7) is 5.44. The highest BCUT2D eigenvalue weighted by atomic mass is 16.1. The Kier molecular flexibility index (Phi) is 6.66. The van der Waals surface area contributed by atoms with Crippen molar-refractivity contribution in [3.63, 3.8) is 0 Å². The predicted octanol–water partition coefficient (Wildman–Crippen LogP) is 2.93. The lowest BCUT2D eigenvalue weighted by Gasteiger charge is -2.12. The second-order valence-electron chi connectivity index (χ2n) is 7.25. The van der Waals surface area contributed by atoms with Gasteiger partial charge in [-0.15, -0.1) is 0 Å². The second kappa shape index (κ2) is 9.37. The molecule has 2 heterocycles. The van der Waals surface area contributed by atoms with Crippen LogP contribution in [0.2, 0.25) is 0 Å². The van der Waals surface area contributed by atoms with Gasteiger partial charge in [-0.05, 0) is 46.1 Å². The van der Waals surface area contributed by atoms with Crippen LogP contribution in [0, 0.1) is 6.92 Å². The van der Waals surface area contributed by atoms with Crippen LogP contribution >= 0.6 is 0 Å². The zero-order valence-corrected chi connectivity index (χ0v) is 16.9. The summed E-state index contributed by atoms with van der Waals surface area (Å²) in [5.41, 5.74) is 3.53. The zero-order chi connectivity index (χ0) is 19.9. The average molecular weight is 380 g/mol. The molecule has 0 saturated heterocycles. The SMILES string of the molecule is Cc1c(/C=C/C(=O)NCCn2ccnc2)c2ccccc2n1CCCN(C)C. The lowest BCUT2D eigenvalue weighted by molar-refractivity contribution is -0.116. The number of para-hydroxylation sites is 1. The minimum absolute atomic E-state index is 0.0797. The molecule has 0 atom stereocenters. The number of fused-ring (bicyclic) bond motifs is 1. The van der Waals surface area contributed by atoms with Gasteiger partial charge in [0.2, 0.25) is 5.91 Å². The summed E-state index contributed by atoms with van der Waals surface area (Å²) in [5.74, 6) is -0.0797. The Hall–Kier alpha value is -2.86. The molecule has 0 saturated carbocycles. The van der Waals surface area contributed by atoms with Gasteiger partial charge in [-0.2, -0.15) is 0 Å². The van der Waals surface area contributed by atoms with Crippen LogP contribution in [-0.2, 0) is 17.9 Å². The standard InChI is InChI=1S/C22H29N5O/c1-18-19(9-10-22(28)24-12-16-26-15-11-23-17-26)20-7-4-5-8-21(20)27(18)14-6-13-25(2)3/h4-5,7-11,15,17H,6,12-14,16H2,1-3H3,(H,24,28)/b10-9+. The molecule has 6 nitrogen and oxygen atoms in total. The van der Waals surface area contributed by atoms with Gasteiger partial charge in [0.15, 0.2) is 0 Å². The summed E-state index contributed by atoms with van der Waals surface area (Å²) >= 11 is 0. The molecule has 0 spiro atoms. The van der Waals surface area contributed by atoms with E-state index in [0.29, 0.717) is 13.1 Å². The Bertz CT molecular complexity index is 937. The largest absolute Gasteiger partial charge is 0.351 e.